The number of carbonyl (C=O) groups is 1. The second-order valence-electron chi connectivity index (χ2n) is 4.25. The van der Waals surface area contributed by atoms with Gasteiger partial charge in [-0.2, -0.15) is 0 Å². The third kappa shape index (κ3) is 2.33. The zero-order valence-corrected chi connectivity index (χ0v) is 9.44. The summed E-state index contributed by atoms with van der Waals surface area (Å²) in [6, 6.07) is 7.26. The van der Waals surface area contributed by atoms with Crippen molar-refractivity contribution in [2.75, 3.05) is 24.6 Å². The number of rotatable bonds is 2. The average Bonchev–Trinajstić information content (AvgIpc) is 2.64. The predicted molar refractivity (Wildman–Crippen MR) is 65.1 cm³/mol. The number of nitrogen functional groups attached to an aromatic ring is 1. The lowest BCUT2D eigenvalue weighted by Gasteiger charge is -2.18. The van der Waals surface area contributed by atoms with Gasteiger partial charge in [0.05, 0.1) is 6.04 Å². The van der Waals surface area contributed by atoms with E-state index in [0.717, 1.165) is 25.1 Å². The normalized spacial score (nSPS) is 20.9. The Bertz CT molecular complexity index is 392. The van der Waals surface area contributed by atoms with Crippen molar-refractivity contribution in [3.8, 4) is 0 Å². The lowest BCUT2D eigenvalue weighted by Crippen LogP contribution is -2.37. The van der Waals surface area contributed by atoms with Crippen molar-refractivity contribution in [1.29, 1.82) is 0 Å². The van der Waals surface area contributed by atoms with Crippen molar-refractivity contribution in [3.05, 3.63) is 24.3 Å². The van der Waals surface area contributed by atoms with E-state index >= 15 is 0 Å². The van der Waals surface area contributed by atoms with Gasteiger partial charge in [-0.3, -0.25) is 9.69 Å². The minimum Gasteiger partial charge on any atom is -0.399 e. The molecular formula is C12H17N3O. The molecule has 86 valence electrons. The third-order valence-electron chi connectivity index (χ3n) is 2.98. The minimum absolute atomic E-state index is 0.00132. The molecule has 16 heavy (non-hydrogen) atoms. The smallest absolute Gasteiger partial charge is 0.241 e. The van der Waals surface area contributed by atoms with Crippen LogP contribution >= 0.6 is 0 Å². The zero-order chi connectivity index (χ0) is 11.5. The highest BCUT2D eigenvalue weighted by Crippen LogP contribution is 2.18. The van der Waals surface area contributed by atoms with E-state index in [2.05, 4.69) is 10.2 Å². The Kier molecular flexibility index (Phi) is 3.10. The van der Waals surface area contributed by atoms with Gasteiger partial charge in [-0.1, -0.05) is 6.07 Å². The summed E-state index contributed by atoms with van der Waals surface area (Å²) < 4.78 is 0. The maximum atomic E-state index is 11.9. The molecule has 4 nitrogen and oxygen atoms in total. The first kappa shape index (κ1) is 11.0. The van der Waals surface area contributed by atoms with Crippen LogP contribution in [-0.2, 0) is 4.79 Å². The summed E-state index contributed by atoms with van der Waals surface area (Å²) in [5.41, 5.74) is 7.09. The molecule has 0 saturated carbocycles. The van der Waals surface area contributed by atoms with Gasteiger partial charge >= 0.3 is 0 Å². The summed E-state index contributed by atoms with van der Waals surface area (Å²) >= 11 is 0. The molecule has 0 aliphatic carbocycles. The summed E-state index contributed by atoms with van der Waals surface area (Å²) in [4.78, 5) is 14.0. The Hall–Kier alpha value is -1.55. The molecule has 2 rings (SSSR count). The molecule has 0 bridgehead atoms. The molecule has 1 aliphatic heterocycles. The van der Waals surface area contributed by atoms with Crippen LogP contribution in [0, 0.1) is 0 Å². The van der Waals surface area contributed by atoms with Crippen molar-refractivity contribution in [3.63, 3.8) is 0 Å². The van der Waals surface area contributed by atoms with E-state index in [1.165, 1.54) is 0 Å². The summed E-state index contributed by atoms with van der Waals surface area (Å²) in [5.74, 6) is 0.0607. The molecule has 1 amide bonds. The van der Waals surface area contributed by atoms with E-state index in [1.807, 2.05) is 19.2 Å². The van der Waals surface area contributed by atoms with E-state index in [9.17, 15) is 4.79 Å². The first-order valence-electron chi connectivity index (χ1n) is 5.53. The van der Waals surface area contributed by atoms with Crippen LogP contribution in [0.25, 0.3) is 0 Å². The fourth-order valence-corrected chi connectivity index (χ4v) is 2.08. The highest BCUT2D eigenvalue weighted by molar-refractivity contribution is 5.95. The van der Waals surface area contributed by atoms with Gasteiger partial charge in [-0.25, -0.2) is 0 Å². The fraction of sp³-hybridized carbons (Fsp3) is 0.417. The SMILES string of the molecule is CN1CCCC1C(=O)Nc1cccc(N)c1. The lowest BCUT2D eigenvalue weighted by atomic mass is 10.2. The van der Waals surface area contributed by atoms with Crippen LogP contribution in [0.3, 0.4) is 0 Å². The Labute approximate surface area is 95.4 Å². The molecule has 1 fully saturated rings. The van der Waals surface area contributed by atoms with E-state index < -0.39 is 0 Å². The Balaban J connectivity index is 2.02. The summed E-state index contributed by atoms with van der Waals surface area (Å²) in [6.07, 6.45) is 2.02. The van der Waals surface area contributed by atoms with Gasteiger partial charge in [-0.15, -0.1) is 0 Å². The van der Waals surface area contributed by atoms with E-state index in [-0.39, 0.29) is 11.9 Å². The van der Waals surface area contributed by atoms with Gasteiger partial charge < -0.3 is 11.1 Å². The highest BCUT2D eigenvalue weighted by atomic mass is 16.2. The number of hydrogen-bond acceptors (Lipinski definition) is 3. The second-order valence-corrected chi connectivity index (χ2v) is 4.25. The van der Waals surface area contributed by atoms with Crippen LogP contribution in [0.15, 0.2) is 24.3 Å². The molecule has 0 aromatic heterocycles. The van der Waals surface area contributed by atoms with Crippen LogP contribution < -0.4 is 11.1 Å². The van der Waals surface area contributed by atoms with Gasteiger partial charge in [0.15, 0.2) is 0 Å². The topological polar surface area (TPSA) is 58.4 Å². The molecule has 1 saturated heterocycles. The van der Waals surface area contributed by atoms with Gasteiger partial charge in [0, 0.05) is 11.4 Å². The number of carbonyl (C=O) groups excluding carboxylic acids is 1. The standard InChI is InChI=1S/C12H17N3O/c1-15-7-3-6-11(15)12(16)14-10-5-2-4-9(13)8-10/h2,4-5,8,11H,3,6-7,13H2,1H3,(H,14,16). The van der Waals surface area contributed by atoms with E-state index in [4.69, 9.17) is 5.73 Å². The number of anilines is 2. The van der Waals surface area contributed by atoms with Gasteiger partial charge in [0.25, 0.3) is 0 Å². The molecular weight excluding hydrogens is 202 g/mol. The lowest BCUT2D eigenvalue weighted by molar-refractivity contribution is -0.119. The second kappa shape index (κ2) is 4.53. The summed E-state index contributed by atoms with van der Waals surface area (Å²) in [5, 5.41) is 2.89. The zero-order valence-electron chi connectivity index (χ0n) is 9.44. The first-order valence-corrected chi connectivity index (χ1v) is 5.53. The monoisotopic (exact) mass is 219 g/mol. The van der Waals surface area contributed by atoms with Crippen molar-refractivity contribution in [2.24, 2.45) is 0 Å². The molecule has 1 unspecified atom stereocenters. The van der Waals surface area contributed by atoms with Crippen molar-refractivity contribution >= 4 is 17.3 Å². The van der Waals surface area contributed by atoms with Crippen LogP contribution in [0.2, 0.25) is 0 Å². The van der Waals surface area contributed by atoms with Crippen LogP contribution in [0.1, 0.15) is 12.8 Å². The molecule has 3 N–H and O–H groups in total. The summed E-state index contributed by atoms with van der Waals surface area (Å²) in [6.45, 7) is 0.995. The number of amides is 1. The maximum absolute atomic E-state index is 11.9. The molecule has 1 heterocycles. The number of benzene rings is 1. The third-order valence-corrected chi connectivity index (χ3v) is 2.98. The maximum Gasteiger partial charge on any atom is 0.241 e. The molecule has 1 atom stereocenters. The van der Waals surface area contributed by atoms with Crippen LogP contribution in [-0.4, -0.2) is 30.4 Å². The number of likely N-dealkylation sites (tertiary alicyclic amines) is 1. The van der Waals surface area contributed by atoms with Crippen LogP contribution in [0.5, 0.6) is 0 Å². The average molecular weight is 219 g/mol. The number of hydrogen-bond donors (Lipinski definition) is 2. The van der Waals surface area contributed by atoms with E-state index in [1.54, 1.807) is 12.1 Å². The molecule has 1 aliphatic rings. The molecule has 0 radical (unpaired) electrons. The largest absolute Gasteiger partial charge is 0.399 e. The number of nitrogens with zero attached hydrogens (tertiary/aromatic N) is 1. The van der Waals surface area contributed by atoms with Gasteiger partial charge in [0.2, 0.25) is 5.91 Å². The predicted octanol–water partition coefficient (Wildman–Crippen LogP) is 1.30. The van der Waals surface area contributed by atoms with Gasteiger partial charge in [0.1, 0.15) is 0 Å². The number of likely N-dealkylation sites (N-methyl/N-ethyl adjacent to an activating group) is 1. The Morgan fingerprint density at radius 3 is 3.00 bits per heavy atom. The highest BCUT2D eigenvalue weighted by Gasteiger charge is 2.27. The number of nitrogens with two attached hydrogens (primary N) is 1. The van der Waals surface area contributed by atoms with Crippen molar-refractivity contribution in [2.45, 2.75) is 18.9 Å². The Morgan fingerprint density at radius 2 is 2.38 bits per heavy atom. The summed E-state index contributed by atoms with van der Waals surface area (Å²) in [7, 11) is 1.98. The van der Waals surface area contributed by atoms with Crippen molar-refractivity contribution in [1.82, 2.24) is 4.90 Å². The van der Waals surface area contributed by atoms with Crippen molar-refractivity contribution < 1.29 is 4.79 Å². The quantitative estimate of drug-likeness (QED) is 0.737. The molecule has 1 aromatic rings. The van der Waals surface area contributed by atoms with Gasteiger partial charge in [-0.05, 0) is 44.6 Å². The minimum atomic E-state index is 0.00132. The molecule has 4 heteroatoms. The fourth-order valence-electron chi connectivity index (χ4n) is 2.08. The molecule has 1 aromatic carbocycles. The first-order chi connectivity index (χ1) is 7.66. The molecule has 0 spiro atoms. The Morgan fingerprint density at radius 1 is 1.56 bits per heavy atom. The van der Waals surface area contributed by atoms with Crippen LogP contribution in [0.4, 0.5) is 11.4 Å². The number of nitrogens with one attached hydrogen (secondary N) is 1. The van der Waals surface area contributed by atoms with E-state index in [0.29, 0.717) is 5.69 Å².